The summed E-state index contributed by atoms with van der Waals surface area (Å²) in [6.45, 7) is 1.26. The number of nitrogens with zero attached hydrogens (tertiary/aromatic N) is 1. The Morgan fingerprint density at radius 1 is 1.59 bits per heavy atom. The van der Waals surface area contributed by atoms with Gasteiger partial charge in [-0.2, -0.15) is 0 Å². The second-order valence-electron chi connectivity index (χ2n) is 4.16. The number of halogens is 3. The molecule has 5 heteroatoms. The average molecular weight is 321 g/mol. The predicted octanol–water partition coefficient (Wildman–Crippen LogP) is 3.29. The molecule has 1 atom stereocenters. The summed E-state index contributed by atoms with van der Waals surface area (Å²) in [6.07, 6.45) is 0.890. The number of carbonyl (C=O) groups is 1. The lowest BCUT2D eigenvalue weighted by atomic mass is 10.1. The second kappa shape index (κ2) is 5.36. The van der Waals surface area contributed by atoms with Gasteiger partial charge in [-0.15, -0.1) is 11.6 Å². The van der Waals surface area contributed by atoms with Crippen molar-refractivity contribution in [1.29, 1.82) is 0 Å². The fourth-order valence-electron chi connectivity index (χ4n) is 2.00. The Hall–Kier alpha value is -0.610. The lowest BCUT2D eigenvalue weighted by molar-refractivity contribution is 0.0782. The molecule has 1 aliphatic rings. The smallest absolute Gasteiger partial charge is 0.257 e. The quantitative estimate of drug-likeness (QED) is 0.766. The summed E-state index contributed by atoms with van der Waals surface area (Å²) in [5.41, 5.74) is 0.114. The van der Waals surface area contributed by atoms with E-state index in [0.29, 0.717) is 29.4 Å². The van der Waals surface area contributed by atoms with Crippen LogP contribution in [0.3, 0.4) is 0 Å². The van der Waals surface area contributed by atoms with Gasteiger partial charge in [0.2, 0.25) is 0 Å². The second-order valence-corrected chi connectivity index (χ2v) is 5.32. The first kappa shape index (κ1) is 12.8. The van der Waals surface area contributed by atoms with Crippen LogP contribution in [0.25, 0.3) is 0 Å². The van der Waals surface area contributed by atoms with Gasteiger partial charge in [0.25, 0.3) is 5.91 Å². The van der Waals surface area contributed by atoms with Crippen molar-refractivity contribution < 1.29 is 9.18 Å². The highest BCUT2D eigenvalue weighted by Gasteiger charge is 2.28. The summed E-state index contributed by atoms with van der Waals surface area (Å²) in [5.74, 6) is 0.120. The Bertz CT molecular complexity index is 420. The molecule has 0 aliphatic carbocycles. The van der Waals surface area contributed by atoms with Crippen molar-refractivity contribution in [3.63, 3.8) is 0 Å². The Morgan fingerprint density at radius 3 is 2.94 bits per heavy atom. The van der Waals surface area contributed by atoms with Gasteiger partial charge in [0.1, 0.15) is 5.82 Å². The third-order valence-corrected chi connectivity index (χ3v) is 4.07. The van der Waals surface area contributed by atoms with Crippen LogP contribution in [0.4, 0.5) is 4.39 Å². The molecule has 0 bridgehead atoms. The minimum atomic E-state index is -0.487. The highest BCUT2D eigenvalue weighted by Crippen LogP contribution is 2.25. The van der Waals surface area contributed by atoms with Crippen molar-refractivity contribution in [3.05, 3.63) is 34.1 Å². The lowest BCUT2D eigenvalue weighted by Crippen LogP contribution is -2.30. The van der Waals surface area contributed by atoms with Crippen LogP contribution < -0.4 is 0 Å². The van der Waals surface area contributed by atoms with Gasteiger partial charge in [-0.05, 0) is 40.4 Å². The molecular weight excluding hydrogens is 308 g/mol. The van der Waals surface area contributed by atoms with E-state index >= 15 is 0 Å². The van der Waals surface area contributed by atoms with Gasteiger partial charge in [-0.1, -0.05) is 6.07 Å². The average Bonchev–Trinajstić information content (AvgIpc) is 2.77. The Kier molecular flexibility index (Phi) is 4.05. The standard InChI is InChI=1S/C12H12BrClFNO/c13-9-2-1-3-10(15)11(9)12(17)16-5-4-8(6-14)7-16/h1-3,8H,4-7H2. The van der Waals surface area contributed by atoms with E-state index in [1.54, 1.807) is 17.0 Å². The van der Waals surface area contributed by atoms with Crippen molar-refractivity contribution >= 4 is 33.4 Å². The monoisotopic (exact) mass is 319 g/mol. The first-order valence-electron chi connectivity index (χ1n) is 5.42. The first-order chi connectivity index (χ1) is 8.13. The van der Waals surface area contributed by atoms with Crippen LogP contribution >= 0.6 is 27.5 Å². The number of hydrogen-bond donors (Lipinski definition) is 0. The number of benzene rings is 1. The third kappa shape index (κ3) is 2.63. The van der Waals surface area contributed by atoms with E-state index in [4.69, 9.17) is 11.6 Å². The van der Waals surface area contributed by atoms with E-state index in [9.17, 15) is 9.18 Å². The summed E-state index contributed by atoms with van der Waals surface area (Å²) in [5, 5.41) is 0. The summed E-state index contributed by atoms with van der Waals surface area (Å²) >= 11 is 8.98. The zero-order valence-corrected chi connectivity index (χ0v) is 11.5. The topological polar surface area (TPSA) is 20.3 Å². The van der Waals surface area contributed by atoms with E-state index in [2.05, 4.69) is 15.9 Å². The van der Waals surface area contributed by atoms with E-state index in [1.165, 1.54) is 6.07 Å². The molecule has 0 spiro atoms. The van der Waals surface area contributed by atoms with Crippen LogP contribution in [0.1, 0.15) is 16.8 Å². The van der Waals surface area contributed by atoms with E-state index in [0.717, 1.165) is 6.42 Å². The van der Waals surface area contributed by atoms with Crippen molar-refractivity contribution in [2.45, 2.75) is 6.42 Å². The molecule has 0 saturated carbocycles. The minimum Gasteiger partial charge on any atom is -0.338 e. The predicted molar refractivity (Wildman–Crippen MR) is 68.8 cm³/mol. The molecule has 1 aliphatic heterocycles. The molecule has 2 nitrogen and oxygen atoms in total. The zero-order chi connectivity index (χ0) is 12.4. The Morgan fingerprint density at radius 2 is 2.35 bits per heavy atom. The molecule has 1 saturated heterocycles. The van der Waals surface area contributed by atoms with E-state index < -0.39 is 5.82 Å². The van der Waals surface area contributed by atoms with Crippen LogP contribution in [-0.4, -0.2) is 29.8 Å². The van der Waals surface area contributed by atoms with Gasteiger partial charge in [0.05, 0.1) is 5.56 Å². The minimum absolute atomic E-state index is 0.114. The summed E-state index contributed by atoms with van der Waals surface area (Å²) in [4.78, 5) is 13.8. The molecule has 1 aromatic rings. The number of carbonyl (C=O) groups excluding carboxylic acids is 1. The van der Waals surface area contributed by atoms with Crippen LogP contribution in [-0.2, 0) is 0 Å². The fraction of sp³-hybridized carbons (Fsp3) is 0.417. The SMILES string of the molecule is O=C(c1c(F)cccc1Br)N1CCC(CCl)C1. The molecule has 2 rings (SSSR count). The molecule has 1 heterocycles. The molecule has 0 N–H and O–H groups in total. The van der Waals surface area contributed by atoms with E-state index in [-0.39, 0.29) is 11.5 Å². The Balaban J connectivity index is 2.21. The van der Waals surface area contributed by atoms with Crippen LogP contribution in [0.2, 0.25) is 0 Å². The molecular formula is C12H12BrClFNO. The van der Waals surface area contributed by atoms with Gasteiger partial charge in [-0.3, -0.25) is 4.79 Å². The molecule has 1 unspecified atom stereocenters. The van der Waals surface area contributed by atoms with Gasteiger partial charge in [0, 0.05) is 23.4 Å². The number of hydrogen-bond acceptors (Lipinski definition) is 1. The normalized spacial score (nSPS) is 19.7. The molecule has 92 valence electrons. The van der Waals surface area contributed by atoms with Crippen LogP contribution in [0, 0.1) is 11.7 Å². The highest BCUT2D eigenvalue weighted by atomic mass is 79.9. The lowest BCUT2D eigenvalue weighted by Gasteiger charge is -2.17. The van der Waals surface area contributed by atoms with Crippen LogP contribution in [0.5, 0.6) is 0 Å². The number of likely N-dealkylation sites (tertiary alicyclic amines) is 1. The van der Waals surface area contributed by atoms with Crippen LogP contribution in [0.15, 0.2) is 22.7 Å². The molecule has 17 heavy (non-hydrogen) atoms. The third-order valence-electron chi connectivity index (χ3n) is 2.97. The van der Waals surface area contributed by atoms with Crippen molar-refractivity contribution in [2.24, 2.45) is 5.92 Å². The largest absolute Gasteiger partial charge is 0.338 e. The molecule has 0 aromatic heterocycles. The van der Waals surface area contributed by atoms with Crippen molar-refractivity contribution in [1.82, 2.24) is 4.90 Å². The molecule has 1 amide bonds. The molecule has 0 radical (unpaired) electrons. The maximum atomic E-state index is 13.6. The summed E-state index contributed by atoms with van der Waals surface area (Å²) < 4.78 is 14.1. The van der Waals surface area contributed by atoms with Crippen molar-refractivity contribution in [2.75, 3.05) is 19.0 Å². The molecule has 1 fully saturated rings. The van der Waals surface area contributed by atoms with Gasteiger partial charge < -0.3 is 4.90 Å². The maximum absolute atomic E-state index is 13.6. The summed E-state index contributed by atoms with van der Waals surface area (Å²) in [7, 11) is 0. The first-order valence-corrected chi connectivity index (χ1v) is 6.75. The van der Waals surface area contributed by atoms with Gasteiger partial charge in [0.15, 0.2) is 0 Å². The fourth-order valence-corrected chi connectivity index (χ4v) is 2.77. The number of rotatable bonds is 2. The number of amides is 1. The number of alkyl halides is 1. The zero-order valence-electron chi connectivity index (χ0n) is 9.13. The molecule has 1 aromatic carbocycles. The van der Waals surface area contributed by atoms with Gasteiger partial charge >= 0.3 is 0 Å². The summed E-state index contributed by atoms with van der Waals surface area (Å²) in [6, 6.07) is 4.54. The van der Waals surface area contributed by atoms with Gasteiger partial charge in [-0.25, -0.2) is 4.39 Å². The Labute approximate surface area is 113 Å². The van der Waals surface area contributed by atoms with Crippen molar-refractivity contribution in [3.8, 4) is 0 Å². The van der Waals surface area contributed by atoms with E-state index in [1.807, 2.05) is 0 Å². The highest BCUT2D eigenvalue weighted by molar-refractivity contribution is 9.10. The maximum Gasteiger partial charge on any atom is 0.257 e.